The molecule has 0 unspecified atom stereocenters. The van der Waals surface area contributed by atoms with E-state index in [4.69, 9.17) is 0 Å². The summed E-state index contributed by atoms with van der Waals surface area (Å²) in [5.74, 6) is -0.109. The monoisotopic (exact) mass is 346 g/mol. The van der Waals surface area contributed by atoms with Crippen LogP contribution in [0.3, 0.4) is 0 Å². The molecule has 0 saturated heterocycles. The Hall–Kier alpha value is -1.72. The highest BCUT2D eigenvalue weighted by atomic mass is 79.9. The van der Waals surface area contributed by atoms with Crippen LogP contribution in [0.2, 0.25) is 0 Å². The molecule has 2 aromatic heterocycles. The first-order valence-electron chi connectivity index (χ1n) is 6.06. The first-order valence-corrected chi connectivity index (χ1v) is 7.67. The summed E-state index contributed by atoms with van der Waals surface area (Å²) < 4.78 is 0.985. The van der Waals surface area contributed by atoms with Gasteiger partial charge in [0.1, 0.15) is 0 Å². The molecule has 3 rings (SSSR count). The predicted octanol–water partition coefficient (Wildman–Crippen LogP) is 4.62. The summed E-state index contributed by atoms with van der Waals surface area (Å²) in [5.41, 5.74) is 2.60. The Kier molecular flexibility index (Phi) is 3.54. The Bertz CT molecular complexity index is 773. The van der Waals surface area contributed by atoms with E-state index in [1.54, 1.807) is 6.20 Å². The van der Waals surface area contributed by atoms with E-state index >= 15 is 0 Å². The molecule has 5 heteroatoms. The van der Waals surface area contributed by atoms with E-state index in [1.165, 1.54) is 11.3 Å². The van der Waals surface area contributed by atoms with Crippen LogP contribution in [-0.4, -0.2) is 10.9 Å². The molecule has 3 aromatic rings. The van der Waals surface area contributed by atoms with Crippen molar-refractivity contribution < 1.29 is 4.79 Å². The van der Waals surface area contributed by atoms with Crippen molar-refractivity contribution >= 4 is 49.8 Å². The molecule has 0 aliphatic rings. The molecular weight excluding hydrogens is 336 g/mol. The van der Waals surface area contributed by atoms with Crippen molar-refractivity contribution in [2.75, 3.05) is 5.32 Å². The lowest BCUT2D eigenvalue weighted by atomic mass is 10.2. The number of amides is 1. The number of nitrogens with zero attached hydrogens (tertiary/aromatic N) is 1. The highest BCUT2D eigenvalue weighted by Crippen LogP contribution is 2.28. The van der Waals surface area contributed by atoms with Crippen LogP contribution in [0.15, 0.2) is 46.4 Å². The summed E-state index contributed by atoms with van der Waals surface area (Å²) in [7, 11) is 0. The number of fused-ring (bicyclic) bond motifs is 1. The largest absolute Gasteiger partial charge is 0.319 e. The maximum absolute atomic E-state index is 12.3. The number of aromatic nitrogens is 1. The number of hydrogen-bond acceptors (Lipinski definition) is 3. The molecule has 0 saturated carbocycles. The Morgan fingerprint density at radius 1 is 1.30 bits per heavy atom. The van der Waals surface area contributed by atoms with Gasteiger partial charge in [0, 0.05) is 11.6 Å². The van der Waals surface area contributed by atoms with E-state index in [0.717, 1.165) is 25.9 Å². The van der Waals surface area contributed by atoms with Gasteiger partial charge in [-0.05, 0) is 46.6 Å². The Morgan fingerprint density at radius 3 is 2.85 bits per heavy atom. The average Bonchev–Trinajstić information content (AvgIpc) is 2.79. The molecule has 0 aliphatic carbocycles. The van der Waals surface area contributed by atoms with Crippen LogP contribution in [0, 0.1) is 6.92 Å². The van der Waals surface area contributed by atoms with Crippen molar-refractivity contribution in [2.24, 2.45) is 0 Å². The Morgan fingerprint density at radius 2 is 2.10 bits per heavy atom. The molecule has 0 atom stereocenters. The molecule has 20 heavy (non-hydrogen) atoms. The number of pyridine rings is 1. The molecule has 0 aliphatic heterocycles. The summed E-state index contributed by atoms with van der Waals surface area (Å²) in [4.78, 5) is 17.3. The summed E-state index contributed by atoms with van der Waals surface area (Å²) in [6, 6.07) is 11.5. The number of rotatable bonds is 2. The minimum absolute atomic E-state index is 0.109. The van der Waals surface area contributed by atoms with E-state index in [0.29, 0.717) is 4.88 Å². The number of halogens is 1. The van der Waals surface area contributed by atoms with Gasteiger partial charge in [0.05, 0.1) is 19.9 Å². The van der Waals surface area contributed by atoms with Crippen LogP contribution < -0.4 is 5.32 Å². The maximum atomic E-state index is 12.3. The van der Waals surface area contributed by atoms with Gasteiger partial charge in [-0.1, -0.05) is 18.2 Å². The first-order chi connectivity index (χ1) is 9.65. The number of nitrogens with one attached hydrogen (secondary N) is 1. The fourth-order valence-corrected chi connectivity index (χ4v) is 3.39. The van der Waals surface area contributed by atoms with Crippen LogP contribution in [0.5, 0.6) is 0 Å². The number of para-hydroxylation sites is 1. The van der Waals surface area contributed by atoms with E-state index in [9.17, 15) is 4.79 Å². The van der Waals surface area contributed by atoms with Crippen LogP contribution in [-0.2, 0) is 0 Å². The number of carbonyl (C=O) groups excluding carboxylic acids is 1. The van der Waals surface area contributed by atoms with E-state index in [-0.39, 0.29) is 5.91 Å². The highest BCUT2D eigenvalue weighted by molar-refractivity contribution is 9.11. The summed E-state index contributed by atoms with van der Waals surface area (Å²) in [5, 5.41) is 3.94. The number of aryl methyl sites for hydroxylation is 1. The molecule has 100 valence electrons. The van der Waals surface area contributed by atoms with Gasteiger partial charge in [0.25, 0.3) is 5.91 Å². The third kappa shape index (κ3) is 2.46. The Balaban J connectivity index is 1.95. The van der Waals surface area contributed by atoms with Gasteiger partial charge in [-0.2, -0.15) is 0 Å². The summed E-state index contributed by atoms with van der Waals surface area (Å²) in [6.07, 6.45) is 1.73. The Labute approximate surface area is 128 Å². The van der Waals surface area contributed by atoms with Crippen LogP contribution in [0.4, 0.5) is 5.69 Å². The minimum atomic E-state index is -0.109. The van der Waals surface area contributed by atoms with Crippen molar-refractivity contribution in [3.05, 3.63) is 56.8 Å². The number of benzene rings is 1. The molecular formula is C15H11BrN2OS. The summed E-state index contributed by atoms with van der Waals surface area (Å²) in [6.45, 7) is 1.97. The number of hydrogen-bond donors (Lipinski definition) is 1. The number of thiophene rings is 1. The highest BCUT2D eigenvalue weighted by Gasteiger charge is 2.12. The number of carbonyl (C=O) groups is 1. The second-order valence-corrected chi connectivity index (χ2v) is 6.77. The smallest absolute Gasteiger partial charge is 0.265 e. The zero-order valence-electron chi connectivity index (χ0n) is 10.7. The standard InChI is InChI=1S/C15H11BrN2OS/c1-9-8-12(20-14(9)16)15(19)18-11-6-2-4-10-5-3-7-17-13(10)11/h2-8H,1H3,(H,18,19). The predicted molar refractivity (Wildman–Crippen MR) is 86.5 cm³/mol. The van der Waals surface area contributed by atoms with Gasteiger partial charge in [0.15, 0.2) is 0 Å². The molecule has 0 spiro atoms. The van der Waals surface area contributed by atoms with Crippen molar-refractivity contribution in [2.45, 2.75) is 6.92 Å². The molecule has 1 aromatic carbocycles. The third-order valence-corrected chi connectivity index (χ3v) is 5.10. The lowest BCUT2D eigenvalue weighted by Gasteiger charge is -2.06. The molecule has 1 amide bonds. The van der Waals surface area contributed by atoms with Crippen molar-refractivity contribution in [1.29, 1.82) is 0 Å². The van der Waals surface area contributed by atoms with Crippen molar-refractivity contribution in [3.8, 4) is 0 Å². The fraction of sp³-hybridized carbons (Fsp3) is 0.0667. The van der Waals surface area contributed by atoms with Crippen LogP contribution >= 0.6 is 27.3 Å². The normalized spacial score (nSPS) is 10.7. The molecule has 3 nitrogen and oxygen atoms in total. The zero-order valence-corrected chi connectivity index (χ0v) is 13.1. The van der Waals surface area contributed by atoms with Gasteiger partial charge in [-0.15, -0.1) is 11.3 Å². The SMILES string of the molecule is Cc1cc(C(=O)Nc2cccc3cccnc23)sc1Br. The van der Waals surface area contributed by atoms with E-state index in [2.05, 4.69) is 26.2 Å². The quantitative estimate of drug-likeness (QED) is 0.735. The third-order valence-electron chi connectivity index (χ3n) is 2.96. The lowest BCUT2D eigenvalue weighted by molar-refractivity contribution is 0.103. The molecule has 0 radical (unpaired) electrons. The van der Waals surface area contributed by atoms with Gasteiger partial charge in [0.2, 0.25) is 0 Å². The van der Waals surface area contributed by atoms with Crippen LogP contribution in [0.25, 0.3) is 10.9 Å². The van der Waals surface area contributed by atoms with E-state index < -0.39 is 0 Å². The second-order valence-electron chi connectivity index (χ2n) is 4.40. The second kappa shape index (κ2) is 5.34. The molecule has 0 fully saturated rings. The molecule has 2 heterocycles. The first kappa shape index (κ1) is 13.3. The number of anilines is 1. The van der Waals surface area contributed by atoms with Gasteiger partial charge < -0.3 is 5.32 Å². The maximum Gasteiger partial charge on any atom is 0.265 e. The van der Waals surface area contributed by atoms with Gasteiger partial charge in [-0.3, -0.25) is 9.78 Å². The van der Waals surface area contributed by atoms with Crippen LogP contribution in [0.1, 0.15) is 15.2 Å². The molecule has 1 N–H and O–H groups in total. The zero-order chi connectivity index (χ0) is 14.1. The lowest BCUT2D eigenvalue weighted by Crippen LogP contribution is -2.10. The topological polar surface area (TPSA) is 42.0 Å². The van der Waals surface area contributed by atoms with Gasteiger partial charge >= 0.3 is 0 Å². The molecule has 0 bridgehead atoms. The van der Waals surface area contributed by atoms with E-state index in [1.807, 2.05) is 43.3 Å². The average molecular weight is 347 g/mol. The minimum Gasteiger partial charge on any atom is -0.319 e. The van der Waals surface area contributed by atoms with Gasteiger partial charge in [-0.25, -0.2) is 0 Å². The van der Waals surface area contributed by atoms with Crippen molar-refractivity contribution in [1.82, 2.24) is 4.98 Å². The fourth-order valence-electron chi connectivity index (χ4n) is 1.96. The summed E-state index contributed by atoms with van der Waals surface area (Å²) >= 11 is 4.87. The van der Waals surface area contributed by atoms with Crippen molar-refractivity contribution in [3.63, 3.8) is 0 Å².